The van der Waals surface area contributed by atoms with Crippen molar-refractivity contribution in [3.05, 3.63) is 29.8 Å². The first-order chi connectivity index (χ1) is 9.95. The molecule has 1 aromatic rings. The van der Waals surface area contributed by atoms with E-state index in [0.717, 1.165) is 0 Å². The Morgan fingerprint density at radius 2 is 2.05 bits per heavy atom. The zero-order valence-corrected chi connectivity index (χ0v) is 11.7. The van der Waals surface area contributed by atoms with Crippen molar-refractivity contribution in [2.45, 2.75) is 31.8 Å². The van der Waals surface area contributed by atoms with Crippen LogP contribution < -0.4 is 4.90 Å². The standard InChI is InChI=1S/C15H16N2O4/c1-15-8-6-12(18)17(15)11-5-3-2-4-10(11)14(21)16(15)9-7-13(19)20/h2-5H,6-9H2,1H3,(H,19,20)/t15-/m1/s1. The van der Waals surface area contributed by atoms with E-state index >= 15 is 0 Å². The first kappa shape index (κ1) is 13.6. The van der Waals surface area contributed by atoms with Gasteiger partial charge in [0.2, 0.25) is 5.91 Å². The van der Waals surface area contributed by atoms with Crippen molar-refractivity contribution in [2.75, 3.05) is 11.4 Å². The average Bonchev–Trinajstić information content (AvgIpc) is 2.75. The summed E-state index contributed by atoms with van der Waals surface area (Å²) in [6.45, 7) is 1.93. The topological polar surface area (TPSA) is 77.9 Å². The van der Waals surface area contributed by atoms with Gasteiger partial charge in [0, 0.05) is 13.0 Å². The van der Waals surface area contributed by atoms with Crippen LogP contribution in [0.15, 0.2) is 24.3 Å². The minimum Gasteiger partial charge on any atom is -0.481 e. The first-order valence-corrected chi connectivity index (χ1v) is 6.91. The van der Waals surface area contributed by atoms with Crippen LogP contribution in [0.25, 0.3) is 0 Å². The van der Waals surface area contributed by atoms with Crippen molar-refractivity contribution in [2.24, 2.45) is 0 Å². The molecule has 1 N–H and O–H groups in total. The molecule has 1 aromatic carbocycles. The van der Waals surface area contributed by atoms with Gasteiger partial charge in [0.15, 0.2) is 0 Å². The third kappa shape index (κ3) is 1.90. The molecule has 0 unspecified atom stereocenters. The SMILES string of the molecule is C[C@]12CCC(=O)N1c1ccccc1C(=O)N2CCC(=O)O. The number of nitrogens with zero attached hydrogens (tertiary/aromatic N) is 2. The molecule has 2 amide bonds. The highest BCUT2D eigenvalue weighted by Gasteiger charge is 2.52. The van der Waals surface area contributed by atoms with Gasteiger partial charge in [-0.25, -0.2) is 0 Å². The van der Waals surface area contributed by atoms with Gasteiger partial charge in [0.25, 0.3) is 5.91 Å². The lowest BCUT2D eigenvalue weighted by molar-refractivity contribution is -0.137. The molecule has 0 aliphatic carbocycles. The highest BCUT2D eigenvalue weighted by Crippen LogP contribution is 2.43. The maximum absolute atomic E-state index is 12.7. The summed E-state index contributed by atoms with van der Waals surface area (Å²) in [4.78, 5) is 38.9. The Balaban J connectivity index is 2.09. The van der Waals surface area contributed by atoms with Crippen molar-refractivity contribution < 1.29 is 19.5 Å². The van der Waals surface area contributed by atoms with Gasteiger partial charge in [-0.1, -0.05) is 12.1 Å². The molecule has 6 heteroatoms. The lowest BCUT2D eigenvalue weighted by atomic mass is 9.98. The van der Waals surface area contributed by atoms with Crippen molar-refractivity contribution in [1.82, 2.24) is 4.90 Å². The molecule has 0 saturated carbocycles. The minimum atomic E-state index is -0.957. The van der Waals surface area contributed by atoms with Crippen molar-refractivity contribution in [3.63, 3.8) is 0 Å². The number of hydrogen-bond donors (Lipinski definition) is 1. The molecule has 1 atom stereocenters. The minimum absolute atomic E-state index is 0.0298. The van der Waals surface area contributed by atoms with Crippen LogP contribution in [0.5, 0.6) is 0 Å². The van der Waals surface area contributed by atoms with Crippen LogP contribution in [0.4, 0.5) is 5.69 Å². The van der Waals surface area contributed by atoms with E-state index in [9.17, 15) is 14.4 Å². The molecule has 0 radical (unpaired) electrons. The Bertz CT molecular complexity index is 642. The summed E-state index contributed by atoms with van der Waals surface area (Å²) in [6.07, 6.45) is 0.749. The smallest absolute Gasteiger partial charge is 0.305 e. The Hall–Kier alpha value is -2.37. The number of hydrogen-bond acceptors (Lipinski definition) is 3. The van der Waals surface area contributed by atoms with Gasteiger partial charge < -0.3 is 10.0 Å². The Labute approximate surface area is 122 Å². The van der Waals surface area contributed by atoms with E-state index in [1.54, 1.807) is 29.2 Å². The third-order valence-electron chi connectivity index (χ3n) is 4.29. The van der Waals surface area contributed by atoms with Gasteiger partial charge in [0.05, 0.1) is 17.7 Å². The number of carboxylic acid groups (broad SMARTS) is 1. The number of aliphatic carboxylic acids is 1. The zero-order chi connectivity index (χ0) is 15.2. The normalized spacial score (nSPS) is 24.0. The molecule has 1 saturated heterocycles. The summed E-state index contributed by atoms with van der Waals surface area (Å²) in [5.41, 5.74) is 0.313. The van der Waals surface area contributed by atoms with E-state index in [2.05, 4.69) is 0 Å². The molecule has 0 aromatic heterocycles. The van der Waals surface area contributed by atoms with Crippen LogP contribution in [-0.4, -0.2) is 40.0 Å². The van der Waals surface area contributed by atoms with Crippen LogP contribution in [0.1, 0.15) is 36.5 Å². The van der Waals surface area contributed by atoms with Gasteiger partial charge in [-0.3, -0.25) is 19.3 Å². The van der Waals surface area contributed by atoms with Crippen molar-refractivity contribution in [3.8, 4) is 0 Å². The molecule has 21 heavy (non-hydrogen) atoms. The van der Waals surface area contributed by atoms with E-state index in [-0.39, 0.29) is 24.8 Å². The lowest BCUT2D eigenvalue weighted by Gasteiger charge is -2.48. The number of carbonyl (C=O) groups is 3. The van der Waals surface area contributed by atoms with Crippen LogP contribution in [0.3, 0.4) is 0 Å². The Morgan fingerprint density at radius 3 is 2.76 bits per heavy atom. The van der Waals surface area contributed by atoms with E-state index in [0.29, 0.717) is 24.1 Å². The Morgan fingerprint density at radius 1 is 1.33 bits per heavy atom. The Kier molecular flexibility index (Phi) is 2.97. The fraction of sp³-hybridized carbons (Fsp3) is 0.400. The second kappa shape index (κ2) is 4.58. The molecule has 2 aliphatic rings. The summed E-state index contributed by atoms with van der Waals surface area (Å²) in [5.74, 6) is -1.20. The summed E-state index contributed by atoms with van der Waals surface area (Å²) in [5, 5.41) is 8.88. The maximum atomic E-state index is 12.7. The van der Waals surface area contributed by atoms with Crippen molar-refractivity contribution in [1.29, 1.82) is 0 Å². The molecule has 1 fully saturated rings. The molecule has 110 valence electrons. The van der Waals surface area contributed by atoms with E-state index in [1.807, 2.05) is 6.92 Å². The van der Waals surface area contributed by atoms with Crippen molar-refractivity contribution >= 4 is 23.5 Å². The van der Waals surface area contributed by atoms with E-state index < -0.39 is 11.6 Å². The number of carbonyl (C=O) groups excluding carboxylic acids is 2. The quantitative estimate of drug-likeness (QED) is 0.913. The number of amides is 2. The van der Waals surface area contributed by atoms with Gasteiger partial charge in [-0.15, -0.1) is 0 Å². The highest BCUT2D eigenvalue weighted by atomic mass is 16.4. The summed E-state index contributed by atoms with van der Waals surface area (Å²) < 4.78 is 0. The fourth-order valence-corrected chi connectivity index (χ4v) is 3.25. The molecule has 0 spiro atoms. The molecule has 3 rings (SSSR count). The fourth-order valence-electron chi connectivity index (χ4n) is 3.25. The van der Waals surface area contributed by atoms with Crippen LogP contribution in [0, 0.1) is 0 Å². The summed E-state index contributed by atoms with van der Waals surface area (Å²) >= 11 is 0. The monoisotopic (exact) mass is 288 g/mol. The average molecular weight is 288 g/mol. The van der Waals surface area contributed by atoms with Gasteiger partial charge in [-0.2, -0.15) is 0 Å². The number of benzene rings is 1. The molecular formula is C15H16N2O4. The molecule has 2 aliphatic heterocycles. The number of carboxylic acids is 1. The second-order valence-electron chi connectivity index (χ2n) is 5.56. The number of anilines is 1. The number of para-hydroxylation sites is 1. The first-order valence-electron chi connectivity index (χ1n) is 6.91. The summed E-state index contributed by atoms with van der Waals surface area (Å²) in [6, 6.07) is 6.99. The zero-order valence-electron chi connectivity index (χ0n) is 11.7. The predicted molar refractivity (Wildman–Crippen MR) is 74.9 cm³/mol. The molecular weight excluding hydrogens is 272 g/mol. The molecule has 2 heterocycles. The lowest BCUT2D eigenvalue weighted by Crippen LogP contribution is -2.62. The molecule has 0 bridgehead atoms. The van der Waals surface area contributed by atoms with Gasteiger partial charge in [-0.05, 0) is 25.5 Å². The van der Waals surface area contributed by atoms with Crippen LogP contribution in [-0.2, 0) is 9.59 Å². The maximum Gasteiger partial charge on any atom is 0.305 e. The van der Waals surface area contributed by atoms with Gasteiger partial charge in [0.1, 0.15) is 5.66 Å². The van der Waals surface area contributed by atoms with Gasteiger partial charge >= 0.3 is 5.97 Å². The van der Waals surface area contributed by atoms with Crippen LogP contribution in [0.2, 0.25) is 0 Å². The van der Waals surface area contributed by atoms with E-state index in [1.165, 1.54) is 4.90 Å². The third-order valence-corrected chi connectivity index (χ3v) is 4.29. The predicted octanol–water partition coefficient (Wildman–Crippen LogP) is 1.46. The number of fused-ring (bicyclic) bond motifs is 3. The number of rotatable bonds is 3. The molecule has 6 nitrogen and oxygen atoms in total. The highest BCUT2D eigenvalue weighted by molar-refractivity contribution is 6.10. The van der Waals surface area contributed by atoms with E-state index in [4.69, 9.17) is 5.11 Å². The second-order valence-corrected chi connectivity index (χ2v) is 5.56. The largest absolute Gasteiger partial charge is 0.481 e. The van der Waals surface area contributed by atoms with Crippen LogP contribution >= 0.6 is 0 Å². The summed E-state index contributed by atoms with van der Waals surface area (Å²) in [7, 11) is 0.